The number of hydrogen-bond donors (Lipinski definition) is 3. The normalized spacial score (nSPS) is 15.0. The zero-order valence-electron chi connectivity index (χ0n) is 18.0. The van der Waals surface area contributed by atoms with Crippen molar-refractivity contribution in [2.24, 2.45) is 0 Å². The molecule has 0 atom stereocenters. The molecule has 1 aromatic carbocycles. The van der Waals surface area contributed by atoms with Gasteiger partial charge in [-0.3, -0.25) is 14.9 Å². The largest absolute Gasteiger partial charge is 0.379 e. The van der Waals surface area contributed by atoms with Gasteiger partial charge in [0.25, 0.3) is 5.91 Å². The number of carbonyl (C=O) groups excluding carboxylic acids is 1. The van der Waals surface area contributed by atoms with E-state index in [1.54, 1.807) is 0 Å². The molecule has 1 saturated heterocycles. The molecule has 10 nitrogen and oxygen atoms in total. The highest BCUT2D eigenvalue weighted by Gasteiger charge is 2.23. The van der Waals surface area contributed by atoms with Crippen molar-refractivity contribution in [3.05, 3.63) is 59.6 Å². The fourth-order valence-electron chi connectivity index (χ4n) is 3.76. The molecule has 182 valence electrons. The maximum atomic E-state index is 14.2. The highest BCUT2D eigenvalue weighted by Crippen LogP contribution is 2.27. The third-order valence-corrected chi connectivity index (χ3v) is 7.02. The van der Waals surface area contributed by atoms with Crippen LogP contribution in [0.25, 0.3) is 10.9 Å². The molecule has 0 saturated carbocycles. The van der Waals surface area contributed by atoms with Crippen LogP contribution in [0.2, 0.25) is 0 Å². The number of benzene rings is 1. The highest BCUT2D eigenvalue weighted by molar-refractivity contribution is 7.89. The molecule has 34 heavy (non-hydrogen) atoms. The first-order valence-corrected chi connectivity index (χ1v) is 11.9. The number of amides is 1. The van der Waals surface area contributed by atoms with Crippen LogP contribution >= 0.6 is 0 Å². The smallest absolute Gasteiger partial charge is 0.293 e. The second-order valence-corrected chi connectivity index (χ2v) is 9.47. The predicted octanol–water partition coefficient (Wildman–Crippen LogP) is 1.09. The Kier molecular flexibility index (Phi) is 7.19. The topological polar surface area (TPSA) is 126 Å². The van der Waals surface area contributed by atoms with Gasteiger partial charge in [-0.25, -0.2) is 32.4 Å². The van der Waals surface area contributed by atoms with E-state index in [2.05, 4.69) is 14.6 Å². The summed E-state index contributed by atoms with van der Waals surface area (Å²) in [6.07, 6.45) is 2.57. The van der Waals surface area contributed by atoms with E-state index in [9.17, 15) is 22.0 Å². The third-order valence-electron chi connectivity index (χ3n) is 5.53. The number of rotatable bonds is 8. The molecule has 4 rings (SSSR count). The quantitative estimate of drug-likeness (QED) is 0.316. The molecule has 13 heteroatoms. The molecule has 1 aliphatic rings. The molecule has 1 aliphatic heterocycles. The lowest BCUT2D eigenvalue weighted by molar-refractivity contribution is 0.0390. The standard InChI is InChI=1S/C21H23F2N5O5S/c22-15-2-1-14(17(23)9-15)12-28-13-20(16-10-18(21(29)26-30)24-11-19(16)28)34(31,32)25-3-4-27-5-7-33-8-6-27/h1-2,9-11,13,25,30H,3-8,12H2,(H,26,29). The zero-order valence-corrected chi connectivity index (χ0v) is 18.8. The lowest BCUT2D eigenvalue weighted by atomic mass is 10.2. The van der Waals surface area contributed by atoms with Gasteiger partial charge in [0.1, 0.15) is 22.2 Å². The fourth-order valence-corrected chi connectivity index (χ4v) is 4.99. The Hall–Kier alpha value is -2.97. The molecule has 3 aromatic rings. The summed E-state index contributed by atoms with van der Waals surface area (Å²) >= 11 is 0. The lowest BCUT2D eigenvalue weighted by Crippen LogP contribution is -2.41. The molecular weight excluding hydrogens is 472 g/mol. The van der Waals surface area contributed by atoms with E-state index in [0.29, 0.717) is 38.4 Å². The number of carbonyl (C=O) groups is 1. The van der Waals surface area contributed by atoms with Crippen molar-refractivity contribution < 1.29 is 31.9 Å². The SMILES string of the molecule is O=C(NO)c1cc2c(S(=O)(=O)NCCN3CCOCC3)cn(Cc3ccc(F)cc3F)c2cn1. The molecule has 0 bridgehead atoms. The van der Waals surface area contributed by atoms with Crippen molar-refractivity contribution in [3.8, 4) is 0 Å². The van der Waals surface area contributed by atoms with Crippen molar-refractivity contribution in [1.82, 2.24) is 24.7 Å². The minimum atomic E-state index is -4.03. The Morgan fingerprint density at radius 3 is 2.68 bits per heavy atom. The summed E-state index contributed by atoms with van der Waals surface area (Å²) in [6.45, 7) is 3.12. The van der Waals surface area contributed by atoms with E-state index < -0.39 is 27.6 Å². The molecule has 1 fully saturated rings. The first-order valence-electron chi connectivity index (χ1n) is 10.5. The first kappa shape index (κ1) is 24.2. The Labute approximate surface area is 194 Å². The van der Waals surface area contributed by atoms with E-state index in [4.69, 9.17) is 9.94 Å². The van der Waals surface area contributed by atoms with Crippen molar-refractivity contribution in [1.29, 1.82) is 0 Å². The molecule has 0 spiro atoms. The molecular formula is C21H23F2N5O5S. The fraction of sp³-hybridized carbons (Fsp3) is 0.333. The van der Waals surface area contributed by atoms with Gasteiger partial charge in [0, 0.05) is 49.4 Å². The van der Waals surface area contributed by atoms with Crippen LogP contribution in [-0.2, 0) is 21.3 Å². The van der Waals surface area contributed by atoms with Crippen molar-refractivity contribution >= 4 is 26.8 Å². The van der Waals surface area contributed by atoms with E-state index in [0.717, 1.165) is 12.1 Å². The molecule has 2 aromatic heterocycles. The molecule has 3 heterocycles. The summed E-state index contributed by atoms with van der Waals surface area (Å²) in [5, 5.41) is 9.08. The van der Waals surface area contributed by atoms with Crippen LogP contribution in [0.3, 0.4) is 0 Å². The number of halogens is 2. The Balaban J connectivity index is 1.67. The first-order chi connectivity index (χ1) is 16.3. The summed E-state index contributed by atoms with van der Waals surface area (Å²) in [4.78, 5) is 17.7. The molecule has 0 radical (unpaired) electrons. The van der Waals surface area contributed by atoms with Gasteiger partial charge in [-0.1, -0.05) is 6.07 Å². The van der Waals surface area contributed by atoms with Crippen LogP contribution in [0, 0.1) is 11.6 Å². The van der Waals surface area contributed by atoms with Gasteiger partial charge in [0.2, 0.25) is 10.0 Å². The molecule has 1 amide bonds. The third kappa shape index (κ3) is 5.23. The number of morpholine rings is 1. The number of nitrogens with zero attached hydrogens (tertiary/aromatic N) is 3. The highest BCUT2D eigenvalue weighted by atomic mass is 32.2. The van der Waals surface area contributed by atoms with Crippen LogP contribution in [-0.4, -0.2) is 73.4 Å². The average Bonchev–Trinajstić information content (AvgIpc) is 3.19. The van der Waals surface area contributed by atoms with Gasteiger partial charge >= 0.3 is 0 Å². The number of sulfonamides is 1. The second kappa shape index (κ2) is 10.1. The Bertz CT molecular complexity index is 1310. The molecule has 0 unspecified atom stereocenters. The predicted molar refractivity (Wildman–Crippen MR) is 117 cm³/mol. The van der Waals surface area contributed by atoms with Crippen LogP contribution < -0.4 is 10.2 Å². The number of hydroxylamine groups is 1. The summed E-state index contributed by atoms with van der Waals surface area (Å²) in [6, 6.07) is 4.35. The van der Waals surface area contributed by atoms with Crippen LogP contribution in [0.1, 0.15) is 16.1 Å². The zero-order chi connectivity index (χ0) is 24.3. The summed E-state index contributed by atoms with van der Waals surface area (Å²) in [5.74, 6) is -2.42. The lowest BCUT2D eigenvalue weighted by Gasteiger charge is -2.26. The Morgan fingerprint density at radius 2 is 1.97 bits per heavy atom. The van der Waals surface area contributed by atoms with Gasteiger partial charge < -0.3 is 9.30 Å². The van der Waals surface area contributed by atoms with E-state index in [1.165, 1.54) is 34.6 Å². The van der Waals surface area contributed by atoms with Gasteiger partial charge in [-0.15, -0.1) is 0 Å². The van der Waals surface area contributed by atoms with Gasteiger partial charge in [0.15, 0.2) is 0 Å². The van der Waals surface area contributed by atoms with E-state index in [1.807, 2.05) is 0 Å². The summed E-state index contributed by atoms with van der Waals surface area (Å²) in [5.41, 5.74) is 1.71. The number of fused-ring (bicyclic) bond motifs is 1. The minimum Gasteiger partial charge on any atom is -0.379 e. The van der Waals surface area contributed by atoms with E-state index >= 15 is 0 Å². The maximum absolute atomic E-state index is 14.2. The van der Waals surface area contributed by atoms with Crippen molar-refractivity contribution in [2.75, 3.05) is 39.4 Å². The minimum absolute atomic E-state index is 0.0981. The molecule has 0 aliphatic carbocycles. The number of aromatic nitrogens is 2. The number of ether oxygens (including phenoxy) is 1. The summed E-state index contributed by atoms with van der Waals surface area (Å²) < 4.78 is 63.1. The van der Waals surface area contributed by atoms with Gasteiger partial charge in [-0.2, -0.15) is 0 Å². The Morgan fingerprint density at radius 1 is 1.21 bits per heavy atom. The van der Waals surface area contributed by atoms with E-state index in [-0.39, 0.29) is 34.6 Å². The number of hydrogen-bond acceptors (Lipinski definition) is 7. The van der Waals surface area contributed by atoms with Crippen molar-refractivity contribution in [2.45, 2.75) is 11.4 Å². The second-order valence-electron chi connectivity index (χ2n) is 7.74. The van der Waals surface area contributed by atoms with Gasteiger partial charge in [-0.05, 0) is 12.1 Å². The number of nitrogens with one attached hydrogen (secondary N) is 2. The van der Waals surface area contributed by atoms with Gasteiger partial charge in [0.05, 0.1) is 31.5 Å². The monoisotopic (exact) mass is 495 g/mol. The van der Waals surface area contributed by atoms with Crippen molar-refractivity contribution in [3.63, 3.8) is 0 Å². The van der Waals surface area contributed by atoms with Crippen LogP contribution in [0.5, 0.6) is 0 Å². The maximum Gasteiger partial charge on any atom is 0.293 e. The average molecular weight is 496 g/mol. The molecule has 3 N–H and O–H groups in total. The number of pyridine rings is 1. The van der Waals surface area contributed by atoms with Crippen LogP contribution in [0.4, 0.5) is 8.78 Å². The van der Waals surface area contributed by atoms with Crippen LogP contribution in [0.15, 0.2) is 41.6 Å². The summed E-state index contributed by atoms with van der Waals surface area (Å²) in [7, 11) is -4.03.